The molecule has 5 aromatic rings. The molecule has 0 aliphatic rings. The van der Waals surface area contributed by atoms with E-state index in [1.165, 1.54) is 22.3 Å². The van der Waals surface area contributed by atoms with Crippen LogP contribution in [-0.4, -0.2) is 10.2 Å². The van der Waals surface area contributed by atoms with Gasteiger partial charge in [-0.15, -0.1) is 0 Å². The van der Waals surface area contributed by atoms with Crippen LogP contribution in [0.1, 0.15) is 22.3 Å². The lowest BCUT2D eigenvalue weighted by molar-refractivity contribution is 0.474. The van der Waals surface area contributed by atoms with Crippen molar-refractivity contribution >= 4 is 17.1 Å². The number of aryl methyl sites for hydroxylation is 4. The monoisotopic (exact) mass is 485 g/mol. The summed E-state index contributed by atoms with van der Waals surface area (Å²) < 4.78 is 0. The van der Waals surface area contributed by atoms with Gasteiger partial charge in [-0.1, -0.05) is 66.7 Å². The summed E-state index contributed by atoms with van der Waals surface area (Å²) in [5.74, 6) is 0.610. The van der Waals surface area contributed by atoms with Gasteiger partial charge >= 0.3 is 0 Å². The third-order valence-corrected chi connectivity index (χ3v) is 6.68. The fourth-order valence-electron chi connectivity index (χ4n) is 4.55. The van der Waals surface area contributed by atoms with Gasteiger partial charge in [0, 0.05) is 17.1 Å². The highest BCUT2D eigenvalue weighted by Gasteiger charge is 2.12. The van der Waals surface area contributed by atoms with Gasteiger partial charge in [-0.25, -0.2) is 0 Å². The fraction of sp³-hybridized carbons (Fsp3) is 0.118. The van der Waals surface area contributed by atoms with Gasteiger partial charge in [-0.2, -0.15) is 0 Å². The molecule has 0 saturated carbocycles. The molecule has 0 aromatic heterocycles. The largest absolute Gasteiger partial charge is 0.508 e. The molecule has 5 aromatic carbocycles. The fourth-order valence-corrected chi connectivity index (χ4v) is 4.55. The number of aromatic hydroxyl groups is 2. The summed E-state index contributed by atoms with van der Waals surface area (Å²) in [5, 5.41) is 19.0. The zero-order valence-electron chi connectivity index (χ0n) is 20.8. The maximum atomic E-state index is 9.50. The smallest absolute Gasteiger partial charge is 0.115 e. The third kappa shape index (κ3) is 6.39. The molecule has 0 amide bonds. The number of phenolic OH excluding ortho intramolecular Hbond substituents is 2. The maximum Gasteiger partial charge on any atom is 0.115 e. The number of phenols is 2. The van der Waals surface area contributed by atoms with Crippen LogP contribution < -0.4 is 4.90 Å². The number of hydrogen-bond acceptors (Lipinski definition) is 3. The second-order valence-corrected chi connectivity index (χ2v) is 9.34. The van der Waals surface area contributed by atoms with Gasteiger partial charge in [0.15, 0.2) is 0 Å². The normalized spacial score (nSPS) is 10.8. The van der Waals surface area contributed by atoms with Crippen molar-refractivity contribution in [2.24, 2.45) is 0 Å². The van der Waals surface area contributed by atoms with E-state index in [1.807, 2.05) is 30.3 Å². The zero-order chi connectivity index (χ0) is 25.5. The summed E-state index contributed by atoms with van der Waals surface area (Å²) >= 11 is 0. The lowest BCUT2D eigenvalue weighted by atomic mass is 10.0. The Morgan fingerprint density at radius 1 is 0.351 bits per heavy atom. The second-order valence-electron chi connectivity index (χ2n) is 9.34. The second kappa shape index (κ2) is 11.5. The van der Waals surface area contributed by atoms with Crippen molar-refractivity contribution in [3.8, 4) is 11.5 Å². The molecule has 0 fully saturated rings. The van der Waals surface area contributed by atoms with Crippen LogP contribution in [0, 0.1) is 0 Å². The van der Waals surface area contributed by atoms with E-state index < -0.39 is 0 Å². The van der Waals surface area contributed by atoms with E-state index in [0.717, 1.165) is 42.7 Å². The molecular weight excluding hydrogens is 454 g/mol. The molecule has 2 N–H and O–H groups in total. The minimum absolute atomic E-state index is 0.305. The quantitative estimate of drug-likeness (QED) is 0.221. The van der Waals surface area contributed by atoms with Gasteiger partial charge in [0.05, 0.1) is 0 Å². The van der Waals surface area contributed by atoms with Crippen molar-refractivity contribution in [2.45, 2.75) is 25.7 Å². The molecule has 0 aliphatic carbocycles. The predicted octanol–water partition coefficient (Wildman–Crippen LogP) is 8.14. The molecule has 0 saturated heterocycles. The molecule has 37 heavy (non-hydrogen) atoms. The third-order valence-electron chi connectivity index (χ3n) is 6.68. The first-order valence-corrected chi connectivity index (χ1v) is 12.7. The molecule has 3 heteroatoms. The Balaban J connectivity index is 1.31. The summed E-state index contributed by atoms with van der Waals surface area (Å²) in [5.41, 5.74) is 8.38. The van der Waals surface area contributed by atoms with E-state index in [4.69, 9.17) is 0 Å². The summed E-state index contributed by atoms with van der Waals surface area (Å²) in [6.45, 7) is 0. The highest BCUT2D eigenvalue weighted by atomic mass is 16.3. The number of nitrogens with zero attached hydrogens (tertiary/aromatic N) is 1. The first-order valence-electron chi connectivity index (χ1n) is 12.7. The van der Waals surface area contributed by atoms with E-state index in [2.05, 4.69) is 77.7 Å². The molecule has 3 nitrogen and oxygen atoms in total. The SMILES string of the molecule is Oc1ccc(CCc2ccc(N(c3ccccc3)c3ccc(CCc4ccc(O)cc4)cc3)cc2)cc1. The Morgan fingerprint density at radius 3 is 1.00 bits per heavy atom. The number of rotatable bonds is 9. The highest BCUT2D eigenvalue weighted by Crippen LogP contribution is 2.34. The summed E-state index contributed by atoms with van der Waals surface area (Å²) in [6.07, 6.45) is 3.78. The first kappa shape index (κ1) is 24.2. The summed E-state index contributed by atoms with van der Waals surface area (Å²) in [6, 6.07) is 43.0. The molecule has 5 rings (SSSR count). The summed E-state index contributed by atoms with van der Waals surface area (Å²) in [7, 11) is 0. The van der Waals surface area contributed by atoms with Gasteiger partial charge in [-0.05, 0) is 109 Å². The van der Waals surface area contributed by atoms with E-state index in [9.17, 15) is 10.2 Å². The summed E-state index contributed by atoms with van der Waals surface area (Å²) in [4.78, 5) is 2.29. The topological polar surface area (TPSA) is 43.7 Å². The number of anilines is 3. The van der Waals surface area contributed by atoms with Crippen LogP contribution in [0.25, 0.3) is 0 Å². The van der Waals surface area contributed by atoms with Crippen LogP contribution in [0.2, 0.25) is 0 Å². The van der Waals surface area contributed by atoms with Gasteiger partial charge in [0.1, 0.15) is 11.5 Å². The van der Waals surface area contributed by atoms with Crippen LogP contribution in [0.5, 0.6) is 11.5 Å². The van der Waals surface area contributed by atoms with E-state index in [1.54, 1.807) is 24.3 Å². The lowest BCUT2D eigenvalue weighted by Crippen LogP contribution is -2.10. The van der Waals surface area contributed by atoms with Gasteiger partial charge in [-0.3, -0.25) is 0 Å². The molecule has 0 spiro atoms. The Morgan fingerprint density at radius 2 is 0.649 bits per heavy atom. The molecule has 0 aliphatic heterocycles. The average Bonchev–Trinajstić information content (AvgIpc) is 2.95. The molecule has 184 valence electrons. The Kier molecular flexibility index (Phi) is 7.52. The van der Waals surface area contributed by atoms with Crippen molar-refractivity contribution < 1.29 is 10.2 Å². The molecule has 0 unspecified atom stereocenters. The van der Waals surface area contributed by atoms with E-state index in [0.29, 0.717) is 11.5 Å². The van der Waals surface area contributed by atoms with Gasteiger partial charge < -0.3 is 15.1 Å². The van der Waals surface area contributed by atoms with E-state index in [-0.39, 0.29) is 0 Å². The van der Waals surface area contributed by atoms with Crippen molar-refractivity contribution in [2.75, 3.05) is 4.90 Å². The minimum atomic E-state index is 0.305. The standard InChI is InChI=1S/C34H31NO2/c36-33-22-14-28(15-23-33)8-6-26-10-18-31(19-11-26)35(30-4-2-1-3-5-30)32-20-12-27(13-21-32)7-9-29-16-24-34(37)25-17-29/h1-5,10-25,36-37H,6-9H2. The Labute approximate surface area is 218 Å². The van der Waals surface area contributed by atoms with Crippen molar-refractivity contribution in [1.82, 2.24) is 0 Å². The average molecular weight is 486 g/mol. The molecular formula is C34H31NO2. The maximum absolute atomic E-state index is 9.50. The number of benzene rings is 5. The van der Waals surface area contributed by atoms with Crippen LogP contribution >= 0.6 is 0 Å². The Hall–Kier alpha value is -4.50. The molecule has 0 atom stereocenters. The van der Waals surface area contributed by atoms with Gasteiger partial charge in [0.2, 0.25) is 0 Å². The van der Waals surface area contributed by atoms with Crippen LogP contribution in [-0.2, 0) is 25.7 Å². The number of hydrogen-bond donors (Lipinski definition) is 2. The van der Waals surface area contributed by atoms with Crippen LogP contribution in [0.4, 0.5) is 17.1 Å². The predicted molar refractivity (Wildman–Crippen MR) is 152 cm³/mol. The molecule has 0 radical (unpaired) electrons. The van der Waals surface area contributed by atoms with E-state index >= 15 is 0 Å². The minimum Gasteiger partial charge on any atom is -0.508 e. The highest BCUT2D eigenvalue weighted by molar-refractivity contribution is 5.76. The lowest BCUT2D eigenvalue weighted by Gasteiger charge is -2.26. The van der Waals surface area contributed by atoms with Crippen molar-refractivity contribution in [1.29, 1.82) is 0 Å². The van der Waals surface area contributed by atoms with Crippen molar-refractivity contribution in [3.63, 3.8) is 0 Å². The number of para-hydroxylation sites is 1. The van der Waals surface area contributed by atoms with Crippen LogP contribution in [0.3, 0.4) is 0 Å². The molecule has 0 bridgehead atoms. The molecule has 0 heterocycles. The van der Waals surface area contributed by atoms with Crippen molar-refractivity contribution in [3.05, 3.63) is 150 Å². The first-order chi connectivity index (χ1) is 18.1. The Bertz CT molecular complexity index is 1300. The zero-order valence-corrected chi connectivity index (χ0v) is 20.8. The van der Waals surface area contributed by atoms with Crippen LogP contribution in [0.15, 0.2) is 127 Å². The van der Waals surface area contributed by atoms with Gasteiger partial charge in [0.25, 0.3) is 0 Å².